The van der Waals surface area contributed by atoms with E-state index in [9.17, 15) is 4.79 Å². The van der Waals surface area contributed by atoms with E-state index in [0.717, 1.165) is 5.69 Å². The predicted molar refractivity (Wildman–Crippen MR) is 82.6 cm³/mol. The summed E-state index contributed by atoms with van der Waals surface area (Å²) in [6.45, 7) is 6.13. The third-order valence-corrected chi connectivity index (χ3v) is 3.19. The van der Waals surface area contributed by atoms with E-state index in [1.54, 1.807) is 11.7 Å². The van der Waals surface area contributed by atoms with E-state index in [-0.39, 0.29) is 12.5 Å². The van der Waals surface area contributed by atoms with E-state index in [2.05, 4.69) is 24.3 Å². The highest BCUT2D eigenvalue weighted by atomic mass is 16.5. The van der Waals surface area contributed by atoms with Crippen LogP contribution in [0.4, 0.5) is 5.82 Å². The van der Waals surface area contributed by atoms with Crippen LogP contribution in [0.5, 0.6) is 5.75 Å². The monoisotopic (exact) mass is 287 g/mol. The van der Waals surface area contributed by atoms with Gasteiger partial charge in [0.2, 0.25) is 0 Å². The number of aromatic nitrogens is 2. The van der Waals surface area contributed by atoms with Crippen LogP contribution < -0.4 is 10.1 Å². The van der Waals surface area contributed by atoms with E-state index in [1.165, 1.54) is 5.56 Å². The van der Waals surface area contributed by atoms with Gasteiger partial charge in [0, 0.05) is 13.1 Å². The summed E-state index contributed by atoms with van der Waals surface area (Å²) < 4.78 is 7.11. The first kappa shape index (κ1) is 15.1. The Morgan fingerprint density at radius 1 is 1.33 bits per heavy atom. The van der Waals surface area contributed by atoms with Crippen molar-refractivity contribution >= 4 is 11.7 Å². The SMILES string of the molecule is Cc1cc(NC(=O)COc2ccc(C(C)C)cc2)n(C)n1. The van der Waals surface area contributed by atoms with Crippen molar-refractivity contribution in [2.24, 2.45) is 7.05 Å². The number of nitrogens with one attached hydrogen (secondary N) is 1. The molecule has 5 heteroatoms. The number of carbonyl (C=O) groups is 1. The summed E-state index contributed by atoms with van der Waals surface area (Å²) >= 11 is 0. The molecule has 0 radical (unpaired) electrons. The number of ether oxygens (including phenoxy) is 1. The van der Waals surface area contributed by atoms with Gasteiger partial charge in [-0.3, -0.25) is 9.48 Å². The number of hydrogen-bond donors (Lipinski definition) is 1. The molecule has 0 atom stereocenters. The van der Waals surface area contributed by atoms with Gasteiger partial charge < -0.3 is 10.1 Å². The smallest absolute Gasteiger partial charge is 0.263 e. The lowest BCUT2D eigenvalue weighted by Gasteiger charge is -2.09. The highest BCUT2D eigenvalue weighted by Gasteiger charge is 2.08. The Bertz CT molecular complexity index is 615. The van der Waals surface area contributed by atoms with Crippen LogP contribution >= 0.6 is 0 Å². The maximum atomic E-state index is 11.8. The highest BCUT2D eigenvalue weighted by molar-refractivity contribution is 5.91. The highest BCUT2D eigenvalue weighted by Crippen LogP contribution is 2.18. The third-order valence-electron chi connectivity index (χ3n) is 3.19. The van der Waals surface area contributed by atoms with Gasteiger partial charge in [0.05, 0.1) is 5.69 Å². The van der Waals surface area contributed by atoms with Gasteiger partial charge in [-0.05, 0) is 30.5 Å². The molecule has 0 aliphatic heterocycles. The number of aryl methyl sites for hydroxylation is 2. The Hall–Kier alpha value is -2.30. The van der Waals surface area contributed by atoms with Crippen molar-refractivity contribution in [1.29, 1.82) is 0 Å². The number of anilines is 1. The van der Waals surface area contributed by atoms with Crippen LogP contribution in [-0.4, -0.2) is 22.3 Å². The topological polar surface area (TPSA) is 56.1 Å². The molecule has 112 valence electrons. The lowest BCUT2D eigenvalue weighted by atomic mass is 10.0. The van der Waals surface area contributed by atoms with Crippen LogP contribution in [-0.2, 0) is 11.8 Å². The van der Waals surface area contributed by atoms with E-state index in [4.69, 9.17) is 4.74 Å². The summed E-state index contributed by atoms with van der Waals surface area (Å²) in [7, 11) is 1.79. The quantitative estimate of drug-likeness (QED) is 0.920. The molecular formula is C16H21N3O2. The molecule has 0 aliphatic carbocycles. The van der Waals surface area contributed by atoms with Crippen molar-refractivity contribution < 1.29 is 9.53 Å². The summed E-state index contributed by atoms with van der Waals surface area (Å²) in [5.74, 6) is 1.63. The van der Waals surface area contributed by atoms with Crippen LogP contribution in [0.15, 0.2) is 30.3 Å². The minimum atomic E-state index is -0.203. The fourth-order valence-corrected chi connectivity index (χ4v) is 2.00. The van der Waals surface area contributed by atoms with Crippen LogP contribution in [0.3, 0.4) is 0 Å². The Morgan fingerprint density at radius 3 is 2.52 bits per heavy atom. The minimum absolute atomic E-state index is 0.0226. The van der Waals surface area contributed by atoms with Gasteiger partial charge in [-0.15, -0.1) is 0 Å². The number of amides is 1. The van der Waals surface area contributed by atoms with Crippen molar-refractivity contribution in [3.05, 3.63) is 41.6 Å². The first-order valence-electron chi connectivity index (χ1n) is 6.99. The number of hydrogen-bond acceptors (Lipinski definition) is 3. The molecule has 1 N–H and O–H groups in total. The summed E-state index contributed by atoms with van der Waals surface area (Å²) in [5.41, 5.74) is 2.11. The zero-order chi connectivity index (χ0) is 15.4. The Kier molecular flexibility index (Phi) is 4.62. The summed E-state index contributed by atoms with van der Waals surface area (Å²) in [6.07, 6.45) is 0. The molecule has 21 heavy (non-hydrogen) atoms. The van der Waals surface area contributed by atoms with Crippen molar-refractivity contribution in [1.82, 2.24) is 9.78 Å². The summed E-state index contributed by atoms with van der Waals surface area (Å²) in [6, 6.07) is 9.62. The van der Waals surface area contributed by atoms with Crippen LogP contribution in [0, 0.1) is 6.92 Å². The van der Waals surface area contributed by atoms with E-state index in [0.29, 0.717) is 17.5 Å². The Labute approximate surface area is 124 Å². The Morgan fingerprint density at radius 2 is 2.00 bits per heavy atom. The maximum Gasteiger partial charge on any atom is 0.263 e. The lowest BCUT2D eigenvalue weighted by Crippen LogP contribution is -2.21. The fraction of sp³-hybridized carbons (Fsp3) is 0.375. The molecule has 1 heterocycles. The summed E-state index contributed by atoms with van der Waals surface area (Å²) in [5, 5.41) is 6.94. The molecule has 0 saturated heterocycles. The zero-order valence-electron chi connectivity index (χ0n) is 12.9. The average Bonchev–Trinajstić information content (AvgIpc) is 2.75. The third kappa shape index (κ3) is 4.08. The van der Waals surface area contributed by atoms with E-state index in [1.807, 2.05) is 37.3 Å². The van der Waals surface area contributed by atoms with Gasteiger partial charge in [0.1, 0.15) is 11.6 Å². The van der Waals surface area contributed by atoms with Crippen LogP contribution in [0.2, 0.25) is 0 Å². The number of rotatable bonds is 5. The van der Waals surface area contributed by atoms with Gasteiger partial charge in [-0.2, -0.15) is 5.10 Å². The first-order valence-corrected chi connectivity index (χ1v) is 6.99. The van der Waals surface area contributed by atoms with Crippen LogP contribution in [0.1, 0.15) is 31.0 Å². The summed E-state index contributed by atoms with van der Waals surface area (Å²) in [4.78, 5) is 11.8. The van der Waals surface area contributed by atoms with Crippen LogP contribution in [0.25, 0.3) is 0 Å². The molecule has 2 rings (SSSR count). The van der Waals surface area contributed by atoms with E-state index < -0.39 is 0 Å². The molecule has 1 aromatic heterocycles. The van der Waals surface area contributed by atoms with E-state index >= 15 is 0 Å². The second-order valence-corrected chi connectivity index (χ2v) is 5.36. The van der Waals surface area contributed by atoms with Gasteiger partial charge in [-0.1, -0.05) is 26.0 Å². The zero-order valence-corrected chi connectivity index (χ0v) is 12.9. The molecule has 2 aromatic rings. The maximum absolute atomic E-state index is 11.8. The van der Waals surface area contributed by atoms with Gasteiger partial charge >= 0.3 is 0 Å². The van der Waals surface area contributed by atoms with Crippen molar-refractivity contribution in [3.8, 4) is 5.75 Å². The second-order valence-electron chi connectivity index (χ2n) is 5.36. The molecule has 0 unspecified atom stereocenters. The Balaban J connectivity index is 1.87. The molecule has 0 aliphatic rings. The number of benzene rings is 1. The molecular weight excluding hydrogens is 266 g/mol. The normalized spacial score (nSPS) is 10.7. The second kappa shape index (κ2) is 6.43. The molecule has 0 fully saturated rings. The molecule has 0 bridgehead atoms. The van der Waals surface area contributed by atoms with Crippen molar-refractivity contribution in [2.45, 2.75) is 26.7 Å². The number of carbonyl (C=O) groups excluding carboxylic acids is 1. The molecule has 5 nitrogen and oxygen atoms in total. The van der Waals surface area contributed by atoms with Crippen molar-refractivity contribution in [3.63, 3.8) is 0 Å². The molecule has 0 spiro atoms. The average molecular weight is 287 g/mol. The lowest BCUT2D eigenvalue weighted by molar-refractivity contribution is -0.118. The van der Waals surface area contributed by atoms with Gasteiger partial charge in [0.25, 0.3) is 5.91 Å². The van der Waals surface area contributed by atoms with Gasteiger partial charge in [-0.25, -0.2) is 0 Å². The van der Waals surface area contributed by atoms with Crippen molar-refractivity contribution in [2.75, 3.05) is 11.9 Å². The molecule has 1 aromatic carbocycles. The fourth-order valence-electron chi connectivity index (χ4n) is 2.00. The predicted octanol–water partition coefficient (Wildman–Crippen LogP) is 2.87. The minimum Gasteiger partial charge on any atom is -0.484 e. The van der Waals surface area contributed by atoms with Gasteiger partial charge in [0.15, 0.2) is 6.61 Å². The largest absolute Gasteiger partial charge is 0.484 e. The molecule has 1 amide bonds. The molecule has 0 saturated carbocycles. The first-order chi connectivity index (χ1) is 9.95. The number of nitrogens with zero attached hydrogens (tertiary/aromatic N) is 2. The standard InChI is InChI=1S/C16H21N3O2/c1-11(2)13-5-7-14(8-6-13)21-10-16(20)17-15-9-12(3)18-19(15)4/h5-9,11H,10H2,1-4H3,(H,17,20).